The van der Waals surface area contributed by atoms with E-state index < -0.39 is 5.91 Å². The molecule has 0 saturated carbocycles. The topological polar surface area (TPSA) is 59.8 Å². The van der Waals surface area contributed by atoms with Gasteiger partial charge in [-0.1, -0.05) is 0 Å². The Morgan fingerprint density at radius 1 is 1.69 bits per heavy atom. The second kappa shape index (κ2) is 3.72. The molecule has 0 bridgehead atoms. The standard InChI is InChI=1S/C8H10N4O/c1-4-8(13)9-5-7-11-10-6(2)12(7)3/h1H,5H2,2-3H3,(H,9,13). The third kappa shape index (κ3) is 2.06. The maximum atomic E-state index is 10.7. The molecule has 0 atom stereocenters. The van der Waals surface area contributed by atoms with Gasteiger partial charge in [-0.15, -0.1) is 16.6 Å². The SMILES string of the molecule is C#CC(=O)NCc1nnc(C)n1C. The van der Waals surface area contributed by atoms with E-state index >= 15 is 0 Å². The molecule has 1 N–H and O–H groups in total. The van der Waals surface area contributed by atoms with Crippen molar-refractivity contribution in [2.75, 3.05) is 0 Å². The smallest absolute Gasteiger partial charge is 0.296 e. The van der Waals surface area contributed by atoms with Gasteiger partial charge in [0.15, 0.2) is 5.82 Å². The number of aromatic nitrogens is 3. The van der Waals surface area contributed by atoms with Crippen LogP contribution in [0.25, 0.3) is 0 Å². The van der Waals surface area contributed by atoms with Crippen molar-refractivity contribution in [1.82, 2.24) is 20.1 Å². The van der Waals surface area contributed by atoms with Crippen LogP contribution in [0.2, 0.25) is 0 Å². The summed E-state index contributed by atoms with van der Waals surface area (Å²) in [7, 11) is 1.83. The molecule has 0 radical (unpaired) electrons. The fourth-order valence-electron chi connectivity index (χ4n) is 0.815. The Labute approximate surface area is 76.2 Å². The van der Waals surface area contributed by atoms with E-state index in [4.69, 9.17) is 6.42 Å². The molecule has 0 spiro atoms. The van der Waals surface area contributed by atoms with Gasteiger partial charge in [0.25, 0.3) is 5.91 Å². The molecule has 1 rings (SSSR count). The molecule has 0 aromatic carbocycles. The molecule has 1 aromatic heterocycles. The molecule has 1 amide bonds. The Morgan fingerprint density at radius 3 is 2.85 bits per heavy atom. The van der Waals surface area contributed by atoms with Gasteiger partial charge in [0.05, 0.1) is 6.54 Å². The summed E-state index contributed by atoms with van der Waals surface area (Å²) >= 11 is 0. The highest BCUT2D eigenvalue weighted by Crippen LogP contribution is 1.95. The zero-order chi connectivity index (χ0) is 9.84. The Morgan fingerprint density at radius 2 is 2.38 bits per heavy atom. The van der Waals surface area contributed by atoms with Crippen LogP contribution in [-0.2, 0) is 18.4 Å². The molecule has 13 heavy (non-hydrogen) atoms. The van der Waals surface area contributed by atoms with Crippen LogP contribution in [0.15, 0.2) is 0 Å². The molecule has 0 unspecified atom stereocenters. The summed E-state index contributed by atoms with van der Waals surface area (Å²) in [6.45, 7) is 2.14. The molecule has 0 aliphatic carbocycles. The molecule has 0 fully saturated rings. The molecular weight excluding hydrogens is 168 g/mol. The van der Waals surface area contributed by atoms with Crippen molar-refractivity contribution in [2.24, 2.45) is 7.05 Å². The highest BCUT2D eigenvalue weighted by Gasteiger charge is 2.04. The Bertz CT molecular complexity index is 361. The molecule has 1 aromatic rings. The molecule has 0 aliphatic rings. The molecule has 5 nitrogen and oxygen atoms in total. The minimum Gasteiger partial charge on any atom is -0.338 e. The van der Waals surface area contributed by atoms with Gasteiger partial charge < -0.3 is 9.88 Å². The lowest BCUT2D eigenvalue weighted by Crippen LogP contribution is -2.22. The van der Waals surface area contributed by atoms with Crippen molar-refractivity contribution in [2.45, 2.75) is 13.5 Å². The van der Waals surface area contributed by atoms with Crippen LogP contribution in [-0.4, -0.2) is 20.7 Å². The van der Waals surface area contributed by atoms with E-state index in [2.05, 4.69) is 15.5 Å². The fourth-order valence-corrected chi connectivity index (χ4v) is 0.815. The van der Waals surface area contributed by atoms with E-state index in [1.807, 2.05) is 19.9 Å². The van der Waals surface area contributed by atoms with Gasteiger partial charge in [0.1, 0.15) is 5.82 Å². The summed E-state index contributed by atoms with van der Waals surface area (Å²) in [6, 6.07) is 0. The molecule has 68 valence electrons. The van der Waals surface area contributed by atoms with Crippen molar-refractivity contribution in [3.8, 4) is 12.3 Å². The number of hydrogen-bond acceptors (Lipinski definition) is 3. The van der Waals surface area contributed by atoms with E-state index in [1.54, 1.807) is 4.57 Å². The summed E-state index contributed by atoms with van der Waals surface area (Å²) in [5.74, 6) is 2.99. The lowest BCUT2D eigenvalue weighted by Gasteiger charge is -2.00. The second-order valence-corrected chi connectivity index (χ2v) is 2.55. The number of aryl methyl sites for hydroxylation is 1. The first-order chi connectivity index (χ1) is 6.15. The van der Waals surface area contributed by atoms with E-state index in [1.165, 1.54) is 0 Å². The monoisotopic (exact) mass is 178 g/mol. The largest absolute Gasteiger partial charge is 0.338 e. The predicted molar refractivity (Wildman–Crippen MR) is 46.4 cm³/mol. The Balaban J connectivity index is 2.61. The molecular formula is C8H10N4O. The van der Waals surface area contributed by atoms with Crippen LogP contribution < -0.4 is 5.32 Å². The minimum atomic E-state index is -0.444. The number of nitrogens with one attached hydrogen (secondary N) is 1. The number of amides is 1. The van der Waals surface area contributed by atoms with E-state index in [-0.39, 0.29) is 0 Å². The van der Waals surface area contributed by atoms with Crippen LogP contribution in [0.5, 0.6) is 0 Å². The van der Waals surface area contributed by atoms with E-state index in [9.17, 15) is 4.79 Å². The number of nitrogens with zero attached hydrogens (tertiary/aromatic N) is 3. The third-order valence-corrected chi connectivity index (χ3v) is 1.72. The summed E-state index contributed by atoms with van der Waals surface area (Å²) in [6.07, 6.45) is 4.87. The lowest BCUT2D eigenvalue weighted by molar-refractivity contribution is -0.115. The zero-order valence-electron chi connectivity index (χ0n) is 7.53. The normalized spacial score (nSPS) is 9.31. The first-order valence-corrected chi connectivity index (χ1v) is 3.74. The van der Waals surface area contributed by atoms with E-state index in [0.29, 0.717) is 12.4 Å². The van der Waals surface area contributed by atoms with Crippen LogP contribution >= 0.6 is 0 Å². The highest BCUT2D eigenvalue weighted by atomic mass is 16.1. The van der Waals surface area contributed by atoms with Crippen molar-refractivity contribution in [3.05, 3.63) is 11.6 Å². The first kappa shape index (κ1) is 9.26. The number of carbonyl (C=O) groups excluding carboxylic acids is 1. The summed E-state index contributed by atoms with van der Waals surface area (Å²) in [5, 5.41) is 10.2. The van der Waals surface area contributed by atoms with Gasteiger partial charge >= 0.3 is 0 Å². The lowest BCUT2D eigenvalue weighted by atomic mass is 10.5. The van der Waals surface area contributed by atoms with Crippen molar-refractivity contribution in [3.63, 3.8) is 0 Å². The van der Waals surface area contributed by atoms with Gasteiger partial charge in [-0.3, -0.25) is 4.79 Å². The first-order valence-electron chi connectivity index (χ1n) is 3.74. The van der Waals surface area contributed by atoms with Crippen LogP contribution in [0.4, 0.5) is 0 Å². The van der Waals surface area contributed by atoms with Gasteiger partial charge in [-0.05, 0) is 12.8 Å². The average molecular weight is 178 g/mol. The summed E-state index contributed by atoms with van der Waals surface area (Å²) in [5.41, 5.74) is 0. The minimum absolute atomic E-state index is 0.306. The summed E-state index contributed by atoms with van der Waals surface area (Å²) in [4.78, 5) is 10.7. The number of carbonyl (C=O) groups is 1. The Hall–Kier alpha value is -1.83. The van der Waals surface area contributed by atoms with Crippen LogP contribution in [0.1, 0.15) is 11.6 Å². The summed E-state index contributed by atoms with van der Waals surface area (Å²) < 4.78 is 1.79. The van der Waals surface area contributed by atoms with Crippen LogP contribution in [0, 0.1) is 19.3 Å². The van der Waals surface area contributed by atoms with Gasteiger partial charge in [-0.2, -0.15) is 0 Å². The van der Waals surface area contributed by atoms with Crippen LogP contribution in [0.3, 0.4) is 0 Å². The van der Waals surface area contributed by atoms with Crippen molar-refractivity contribution < 1.29 is 4.79 Å². The Kier molecular flexibility index (Phi) is 2.65. The maximum Gasteiger partial charge on any atom is 0.296 e. The molecule has 0 aliphatic heterocycles. The fraction of sp³-hybridized carbons (Fsp3) is 0.375. The number of hydrogen-bond donors (Lipinski definition) is 1. The van der Waals surface area contributed by atoms with Crippen molar-refractivity contribution in [1.29, 1.82) is 0 Å². The van der Waals surface area contributed by atoms with Gasteiger partial charge in [0, 0.05) is 7.05 Å². The van der Waals surface area contributed by atoms with Gasteiger partial charge in [-0.25, -0.2) is 0 Å². The number of terminal acetylenes is 1. The van der Waals surface area contributed by atoms with E-state index in [0.717, 1.165) is 5.82 Å². The molecule has 5 heteroatoms. The quantitative estimate of drug-likeness (QED) is 0.613. The molecule has 1 heterocycles. The third-order valence-electron chi connectivity index (χ3n) is 1.72. The number of rotatable bonds is 2. The average Bonchev–Trinajstić information content (AvgIpc) is 2.44. The maximum absolute atomic E-state index is 10.7. The zero-order valence-corrected chi connectivity index (χ0v) is 7.53. The highest BCUT2D eigenvalue weighted by molar-refractivity contribution is 5.92. The predicted octanol–water partition coefficient (Wildman–Crippen LogP) is -0.627. The van der Waals surface area contributed by atoms with Gasteiger partial charge in [0.2, 0.25) is 0 Å². The molecule has 0 saturated heterocycles. The van der Waals surface area contributed by atoms with Crippen molar-refractivity contribution >= 4 is 5.91 Å². The second-order valence-electron chi connectivity index (χ2n) is 2.55.